The van der Waals surface area contributed by atoms with Crippen molar-refractivity contribution < 1.29 is 19.1 Å². The molecule has 0 heterocycles. The zero-order valence-corrected chi connectivity index (χ0v) is 16.0. The van der Waals surface area contributed by atoms with Crippen molar-refractivity contribution in [3.63, 3.8) is 0 Å². The minimum atomic E-state index is -0.0533. The molecule has 1 fully saturated rings. The van der Waals surface area contributed by atoms with Crippen LogP contribution in [0.15, 0.2) is 42.5 Å². The highest BCUT2D eigenvalue weighted by Gasteiger charge is 2.34. The molecule has 1 N–H and O–H groups in total. The fourth-order valence-corrected chi connectivity index (χ4v) is 3.37. The molecular weight excluding hydrogens is 342 g/mol. The first kappa shape index (κ1) is 19.0. The number of amides is 1. The first-order valence-electron chi connectivity index (χ1n) is 9.14. The fourth-order valence-electron chi connectivity index (χ4n) is 3.37. The third-order valence-electron chi connectivity index (χ3n) is 4.98. The predicted molar refractivity (Wildman–Crippen MR) is 105 cm³/mol. The average Bonchev–Trinajstić information content (AvgIpc) is 3.50. The maximum Gasteiger partial charge on any atom is 0.224 e. The molecule has 142 valence electrons. The van der Waals surface area contributed by atoms with Gasteiger partial charge in [-0.05, 0) is 61.4 Å². The number of hydrogen-bond donors (Lipinski definition) is 1. The lowest BCUT2D eigenvalue weighted by molar-refractivity contribution is -0.116. The van der Waals surface area contributed by atoms with Crippen molar-refractivity contribution in [3.8, 4) is 11.5 Å². The van der Waals surface area contributed by atoms with Gasteiger partial charge in [0.15, 0.2) is 17.3 Å². The van der Waals surface area contributed by atoms with Gasteiger partial charge in [-0.15, -0.1) is 0 Å². The van der Waals surface area contributed by atoms with Gasteiger partial charge < -0.3 is 14.8 Å². The molecule has 0 bridgehead atoms. The minimum absolute atomic E-state index is 0.0210. The zero-order chi connectivity index (χ0) is 19.4. The highest BCUT2D eigenvalue weighted by atomic mass is 16.5. The average molecular weight is 367 g/mol. The first-order chi connectivity index (χ1) is 13.0. The number of ether oxygens (including phenoxy) is 2. The summed E-state index contributed by atoms with van der Waals surface area (Å²) in [5, 5.41) is 2.92. The summed E-state index contributed by atoms with van der Waals surface area (Å²) in [4.78, 5) is 24.2. The zero-order valence-electron chi connectivity index (χ0n) is 16.0. The Morgan fingerprint density at radius 3 is 2.44 bits per heavy atom. The summed E-state index contributed by atoms with van der Waals surface area (Å²) in [5.74, 6) is 1.93. The Hall–Kier alpha value is -2.82. The van der Waals surface area contributed by atoms with Crippen molar-refractivity contribution in [2.24, 2.45) is 5.92 Å². The van der Waals surface area contributed by atoms with Crippen LogP contribution in [0.5, 0.6) is 11.5 Å². The summed E-state index contributed by atoms with van der Waals surface area (Å²) in [6, 6.07) is 12.9. The Kier molecular flexibility index (Phi) is 5.79. The first-order valence-corrected chi connectivity index (χ1v) is 9.14. The number of rotatable bonds is 8. The van der Waals surface area contributed by atoms with Gasteiger partial charge in [-0.25, -0.2) is 0 Å². The van der Waals surface area contributed by atoms with Gasteiger partial charge in [0, 0.05) is 17.7 Å². The molecular formula is C22H25NO4. The molecule has 1 atom stereocenters. The second-order valence-corrected chi connectivity index (χ2v) is 6.95. The Morgan fingerprint density at radius 1 is 1.07 bits per heavy atom. The van der Waals surface area contributed by atoms with Gasteiger partial charge in [0.2, 0.25) is 5.91 Å². The van der Waals surface area contributed by atoms with E-state index in [2.05, 4.69) is 5.32 Å². The van der Waals surface area contributed by atoms with E-state index in [-0.39, 0.29) is 17.6 Å². The van der Waals surface area contributed by atoms with E-state index in [1.807, 2.05) is 18.2 Å². The normalized spacial score (nSPS) is 14.3. The van der Waals surface area contributed by atoms with Crippen LogP contribution in [0.2, 0.25) is 0 Å². The van der Waals surface area contributed by atoms with Crippen LogP contribution in [0.25, 0.3) is 0 Å². The Morgan fingerprint density at radius 2 is 1.81 bits per heavy atom. The van der Waals surface area contributed by atoms with Crippen LogP contribution < -0.4 is 14.8 Å². The quantitative estimate of drug-likeness (QED) is 0.701. The van der Waals surface area contributed by atoms with Crippen LogP contribution in [-0.2, 0) is 4.79 Å². The van der Waals surface area contributed by atoms with Crippen molar-refractivity contribution in [2.45, 2.75) is 32.1 Å². The number of ketones is 1. The second kappa shape index (κ2) is 8.25. The summed E-state index contributed by atoms with van der Waals surface area (Å²) >= 11 is 0. The highest BCUT2D eigenvalue weighted by Crippen LogP contribution is 2.46. The van der Waals surface area contributed by atoms with Crippen LogP contribution in [0, 0.1) is 5.92 Å². The molecule has 5 nitrogen and oxygen atoms in total. The lowest BCUT2D eigenvalue weighted by atomic mass is 9.90. The number of anilines is 1. The third-order valence-corrected chi connectivity index (χ3v) is 4.98. The molecule has 3 rings (SSSR count). The smallest absolute Gasteiger partial charge is 0.224 e. The number of Topliss-reactive ketones (excluding diaryl/α,β-unsaturated/α-hetero) is 1. The van der Waals surface area contributed by atoms with Crippen molar-refractivity contribution in [1.82, 2.24) is 0 Å². The molecule has 0 aromatic heterocycles. The van der Waals surface area contributed by atoms with Gasteiger partial charge in [0.05, 0.1) is 14.2 Å². The lowest BCUT2D eigenvalue weighted by Gasteiger charge is -2.18. The molecule has 0 aliphatic heterocycles. The van der Waals surface area contributed by atoms with Gasteiger partial charge in [-0.2, -0.15) is 0 Å². The number of carbonyl (C=O) groups excluding carboxylic acids is 2. The Labute approximate surface area is 159 Å². The van der Waals surface area contributed by atoms with Gasteiger partial charge in [-0.1, -0.05) is 18.2 Å². The van der Waals surface area contributed by atoms with Crippen LogP contribution in [0.4, 0.5) is 5.69 Å². The fraction of sp³-hybridized carbons (Fsp3) is 0.364. The molecule has 1 aliphatic rings. The molecule has 5 heteroatoms. The van der Waals surface area contributed by atoms with Gasteiger partial charge in [0.25, 0.3) is 0 Å². The number of benzene rings is 2. The SMILES string of the molecule is COc1ccc(C(CC(=O)Nc2cccc(C(C)=O)c2)C2CC2)cc1OC. The van der Waals surface area contributed by atoms with Crippen LogP contribution in [0.1, 0.15) is 48.0 Å². The second-order valence-electron chi connectivity index (χ2n) is 6.95. The molecule has 27 heavy (non-hydrogen) atoms. The summed E-state index contributed by atoms with van der Waals surface area (Å²) in [6.07, 6.45) is 2.66. The molecule has 2 aromatic carbocycles. The van der Waals surface area contributed by atoms with E-state index in [0.29, 0.717) is 35.1 Å². The number of carbonyl (C=O) groups is 2. The van der Waals surface area contributed by atoms with E-state index in [4.69, 9.17) is 9.47 Å². The molecule has 0 saturated heterocycles. The van der Waals surface area contributed by atoms with Crippen LogP contribution >= 0.6 is 0 Å². The maximum absolute atomic E-state index is 12.6. The molecule has 0 spiro atoms. The standard InChI is InChI=1S/C22H25NO4/c1-14(24)16-5-4-6-18(11-16)23-22(25)13-19(15-7-8-15)17-9-10-20(26-2)21(12-17)27-3/h4-6,9-12,15,19H,7-8,13H2,1-3H3,(H,23,25). The van der Waals surface area contributed by atoms with E-state index in [1.54, 1.807) is 38.5 Å². The maximum atomic E-state index is 12.6. The van der Waals surface area contributed by atoms with E-state index < -0.39 is 0 Å². The largest absolute Gasteiger partial charge is 0.493 e. The molecule has 1 amide bonds. The number of methoxy groups -OCH3 is 2. The monoisotopic (exact) mass is 367 g/mol. The summed E-state index contributed by atoms with van der Waals surface area (Å²) < 4.78 is 10.7. The van der Waals surface area contributed by atoms with E-state index in [1.165, 1.54) is 6.92 Å². The van der Waals surface area contributed by atoms with Gasteiger partial charge in [-0.3, -0.25) is 9.59 Å². The van der Waals surface area contributed by atoms with Crippen LogP contribution in [-0.4, -0.2) is 25.9 Å². The van der Waals surface area contributed by atoms with Crippen LogP contribution in [0.3, 0.4) is 0 Å². The molecule has 0 radical (unpaired) electrons. The summed E-state index contributed by atoms with van der Waals surface area (Å²) in [5.41, 5.74) is 2.32. The topological polar surface area (TPSA) is 64.6 Å². The van der Waals surface area contributed by atoms with Crippen molar-refractivity contribution >= 4 is 17.4 Å². The van der Waals surface area contributed by atoms with Crippen molar-refractivity contribution in [1.29, 1.82) is 0 Å². The Bertz CT molecular complexity index is 842. The summed E-state index contributed by atoms with van der Waals surface area (Å²) in [7, 11) is 3.22. The van der Waals surface area contributed by atoms with Gasteiger partial charge >= 0.3 is 0 Å². The van der Waals surface area contributed by atoms with Gasteiger partial charge in [0.1, 0.15) is 0 Å². The number of nitrogens with one attached hydrogen (secondary N) is 1. The highest BCUT2D eigenvalue weighted by molar-refractivity contribution is 5.97. The molecule has 2 aromatic rings. The molecule has 1 saturated carbocycles. The van der Waals surface area contributed by atoms with Crippen molar-refractivity contribution in [2.75, 3.05) is 19.5 Å². The summed E-state index contributed by atoms with van der Waals surface area (Å²) in [6.45, 7) is 1.52. The third kappa shape index (κ3) is 4.67. The van der Waals surface area contributed by atoms with E-state index in [0.717, 1.165) is 18.4 Å². The molecule has 1 unspecified atom stereocenters. The minimum Gasteiger partial charge on any atom is -0.493 e. The lowest BCUT2D eigenvalue weighted by Crippen LogP contribution is -2.17. The molecule has 1 aliphatic carbocycles. The van der Waals surface area contributed by atoms with E-state index in [9.17, 15) is 9.59 Å². The van der Waals surface area contributed by atoms with Crippen molar-refractivity contribution in [3.05, 3.63) is 53.6 Å². The predicted octanol–water partition coefficient (Wildman–Crippen LogP) is 4.43. The number of hydrogen-bond acceptors (Lipinski definition) is 4. The Balaban J connectivity index is 1.74. The van der Waals surface area contributed by atoms with E-state index >= 15 is 0 Å².